The summed E-state index contributed by atoms with van der Waals surface area (Å²) in [5.41, 5.74) is 2.88. The number of carbonyl (C=O) groups is 2. The molecule has 0 saturated carbocycles. The summed E-state index contributed by atoms with van der Waals surface area (Å²) in [6, 6.07) is 10.1. The van der Waals surface area contributed by atoms with Crippen LogP contribution in [0.15, 0.2) is 30.3 Å². The molecule has 1 fully saturated rings. The molecule has 2 heterocycles. The van der Waals surface area contributed by atoms with Crippen LogP contribution in [-0.4, -0.2) is 63.4 Å². The quantitative estimate of drug-likeness (QED) is 0.796. The maximum atomic E-state index is 13.2. The van der Waals surface area contributed by atoms with Gasteiger partial charge in [0.15, 0.2) is 0 Å². The van der Waals surface area contributed by atoms with Crippen LogP contribution in [0.25, 0.3) is 0 Å². The van der Waals surface area contributed by atoms with Gasteiger partial charge in [0.05, 0.1) is 17.8 Å². The van der Waals surface area contributed by atoms with E-state index >= 15 is 0 Å². The van der Waals surface area contributed by atoms with E-state index < -0.39 is 5.60 Å². The number of hydrogen-bond acceptors (Lipinski definition) is 4. The Hall–Kier alpha value is -2.83. The summed E-state index contributed by atoms with van der Waals surface area (Å²) < 4.78 is 7.31. The Kier molecular flexibility index (Phi) is 5.96. The van der Waals surface area contributed by atoms with Crippen LogP contribution in [-0.2, 0) is 11.3 Å². The molecule has 0 aliphatic carbocycles. The molecule has 2 amide bonds. The highest BCUT2D eigenvalue weighted by Crippen LogP contribution is 2.19. The molecule has 0 unspecified atom stereocenters. The molecule has 7 nitrogen and oxygen atoms in total. The first-order valence-corrected chi connectivity index (χ1v) is 10.0. The number of rotatable bonds is 3. The Balaban J connectivity index is 1.66. The molecule has 0 N–H and O–H groups in total. The van der Waals surface area contributed by atoms with Gasteiger partial charge in [-0.2, -0.15) is 5.10 Å². The van der Waals surface area contributed by atoms with Crippen molar-refractivity contribution in [2.45, 2.75) is 46.8 Å². The second kappa shape index (κ2) is 8.27. The molecule has 7 heteroatoms. The number of carbonyl (C=O) groups excluding carboxylic acids is 2. The van der Waals surface area contributed by atoms with Crippen LogP contribution >= 0.6 is 0 Å². The third-order valence-corrected chi connectivity index (χ3v) is 4.99. The number of aromatic nitrogens is 2. The minimum absolute atomic E-state index is 0.0249. The molecule has 0 bridgehead atoms. The Bertz CT molecular complexity index is 875. The summed E-state index contributed by atoms with van der Waals surface area (Å²) in [4.78, 5) is 28.8. The number of nitrogens with zero attached hydrogens (tertiary/aromatic N) is 4. The fraction of sp³-hybridized carbons (Fsp3) is 0.500. The highest BCUT2D eigenvalue weighted by molar-refractivity contribution is 5.96. The first-order chi connectivity index (χ1) is 13.7. The molecule has 2 aromatic rings. The summed E-state index contributed by atoms with van der Waals surface area (Å²) in [6.45, 7) is 11.9. The van der Waals surface area contributed by atoms with Gasteiger partial charge in [-0.05, 0) is 40.2 Å². The highest BCUT2D eigenvalue weighted by Gasteiger charge is 2.30. The van der Waals surface area contributed by atoms with Crippen molar-refractivity contribution >= 4 is 12.0 Å². The zero-order valence-corrected chi connectivity index (χ0v) is 17.9. The van der Waals surface area contributed by atoms with E-state index in [2.05, 4.69) is 5.10 Å². The normalized spacial score (nSPS) is 14.8. The maximum Gasteiger partial charge on any atom is 0.410 e. The van der Waals surface area contributed by atoms with Crippen LogP contribution in [0.2, 0.25) is 0 Å². The fourth-order valence-electron chi connectivity index (χ4n) is 3.49. The van der Waals surface area contributed by atoms with Gasteiger partial charge >= 0.3 is 6.09 Å². The van der Waals surface area contributed by atoms with Crippen LogP contribution in [0.5, 0.6) is 0 Å². The lowest BCUT2D eigenvalue weighted by molar-refractivity contribution is 0.0140. The Morgan fingerprint density at radius 1 is 1.00 bits per heavy atom. The van der Waals surface area contributed by atoms with Crippen LogP contribution in [0.3, 0.4) is 0 Å². The standard InChI is InChI=1S/C22H30N4O3/c1-16-19(17(2)26(23-16)15-18-9-7-6-8-10-18)20(27)24-11-13-25(14-12-24)21(28)29-22(3,4)5/h6-10H,11-15H2,1-5H3. The fourth-order valence-corrected chi connectivity index (χ4v) is 3.49. The van der Waals surface area contributed by atoms with Crippen molar-refractivity contribution in [2.75, 3.05) is 26.2 Å². The van der Waals surface area contributed by atoms with Gasteiger partial charge in [0.25, 0.3) is 5.91 Å². The molecule has 1 aromatic carbocycles. The van der Waals surface area contributed by atoms with Crippen molar-refractivity contribution in [3.8, 4) is 0 Å². The van der Waals surface area contributed by atoms with E-state index in [4.69, 9.17) is 4.74 Å². The topological polar surface area (TPSA) is 67.7 Å². The number of piperazine rings is 1. The largest absolute Gasteiger partial charge is 0.444 e. The number of amides is 2. The van der Waals surface area contributed by atoms with Gasteiger partial charge in [0.2, 0.25) is 0 Å². The molecule has 0 atom stereocenters. The van der Waals surface area contributed by atoms with Gasteiger partial charge in [-0.3, -0.25) is 9.48 Å². The van der Waals surface area contributed by atoms with E-state index in [1.54, 1.807) is 9.80 Å². The minimum Gasteiger partial charge on any atom is -0.444 e. The third-order valence-electron chi connectivity index (χ3n) is 4.99. The van der Waals surface area contributed by atoms with Crippen LogP contribution in [0.1, 0.15) is 48.1 Å². The van der Waals surface area contributed by atoms with Gasteiger partial charge in [-0.25, -0.2) is 4.79 Å². The van der Waals surface area contributed by atoms with Crippen molar-refractivity contribution in [1.82, 2.24) is 19.6 Å². The predicted octanol–water partition coefficient (Wildman–Crippen LogP) is 3.24. The van der Waals surface area contributed by atoms with Crippen molar-refractivity contribution in [3.05, 3.63) is 52.8 Å². The minimum atomic E-state index is -0.522. The van der Waals surface area contributed by atoms with Crippen LogP contribution in [0, 0.1) is 13.8 Å². The number of benzene rings is 1. The zero-order valence-electron chi connectivity index (χ0n) is 17.9. The number of hydrogen-bond donors (Lipinski definition) is 0. The second-order valence-electron chi connectivity index (χ2n) is 8.45. The molecule has 1 aromatic heterocycles. The first-order valence-electron chi connectivity index (χ1n) is 10.0. The predicted molar refractivity (Wildman–Crippen MR) is 111 cm³/mol. The van der Waals surface area contributed by atoms with Gasteiger partial charge in [0, 0.05) is 31.9 Å². The molecule has 156 valence electrons. The van der Waals surface area contributed by atoms with Gasteiger partial charge in [0.1, 0.15) is 5.60 Å². The van der Waals surface area contributed by atoms with E-state index in [0.717, 1.165) is 17.0 Å². The van der Waals surface area contributed by atoms with Crippen molar-refractivity contribution in [2.24, 2.45) is 0 Å². The Morgan fingerprint density at radius 3 is 2.17 bits per heavy atom. The monoisotopic (exact) mass is 398 g/mol. The average Bonchev–Trinajstić information content (AvgIpc) is 2.94. The number of aryl methyl sites for hydroxylation is 1. The van der Waals surface area contributed by atoms with Crippen molar-refractivity contribution in [1.29, 1.82) is 0 Å². The average molecular weight is 399 g/mol. The summed E-state index contributed by atoms with van der Waals surface area (Å²) in [5, 5.41) is 4.59. The lowest BCUT2D eigenvalue weighted by atomic mass is 10.1. The summed E-state index contributed by atoms with van der Waals surface area (Å²) in [7, 11) is 0. The molecule has 1 aliphatic heterocycles. The van der Waals surface area contributed by atoms with Crippen molar-refractivity contribution in [3.63, 3.8) is 0 Å². The van der Waals surface area contributed by atoms with E-state index in [1.165, 1.54) is 0 Å². The van der Waals surface area contributed by atoms with E-state index in [1.807, 2.05) is 69.6 Å². The molecule has 3 rings (SSSR count). The molecular formula is C22H30N4O3. The van der Waals surface area contributed by atoms with E-state index in [9.17, 15) is 9.59 Å². The molecule has 1 aliphatic rings. The Labute approximate surface area is 172 Å². The summed E-state index contributed by atoms with van der Waals surface area (Å²) >= 11 is 0. The van der Waals surface area contributed by atoms with Gasteiger partial charge in [-0.1, -0.05) is 30.3 Å². The van der Waals surface area contributed by atoms with E-state index in [0.29, 0.717) is 38.3 Å². The molecule has 29 heavy (non-hydrogen) atoms. The lowest BCUT2D eigenvalue weighted by Crippen LogP contribution is -2.51. The third kappa shape index (κ3) is 4.96. The molecule has 0 radical (unpaired) electrons. The van der Waals surface area contributed by atoms with E-state index in [-0.39, 0.29) is 12.0 Å². The highest BCUT2D eigenvalue weighted by atomic mass is 16.6. The zero-order chi connectivity index (χ0) is 21.2. The summed E-state index contributed by atoms with van der Waals surface area (Å²) in [5.74, 6) is -0.0249. The first kappa shape index (κ1) is 20.9. The summed E-state index contributed by atoms with van der Waals surface area (Å²) in [6.07, 6.45) is -0.326. The number of ether oxygens (including phenoxy) is 1. The second-order valence-corrected chi connectivity index (χ2v) is 8.45. The Morgan fingerprint density at radius 2 is 1.59 bits per heavy atom. The van der Waals surface area contributed by atoms with Crippen LogP contribution < -0.4 is 0 Å². The smallest absolute Gasteiger partial charge is 0.410 e. The van der Waals surface area contributed by atoms with Crippen LogP contribution in [0.4, 0.5) is 4.79 Å². The van der Waals surface area contributed by atoms with Crippen molar-refractivity contribution < 1.29 is 14.3 Å². The molecule has 1 saturated heterocycles. The van der Waals surface area contributed by atoms with Gasteiger partial charge in [-0.15, -0.1) is 0 Å². The lowest BCUT2D eigenvalue weighted by Gasteiger charge is -2.35. The SMILES string of the molecule is Cc1nn(Cc2ccccc2)c(C)c1C(=O)N1CCN(C(=O)OC(C)(C)C)CC1. The molecule has 0 spiro atoms. The maximum absolute atomic E-state index is 13.2. The van der Waals surface area contributed by atoms with Gasteiger partial charge < -0.3 is 14.5 Å². The molecular weight excluding hydrogens is 368 g/mol.